The Morgan fingerprint density at radius 3 is 2.52 bits per heavy atom. The normalized spacial score (nSPS) is 11.5. The van der Waals surface area contributed by atoms with Crippen LogP contribution in [0.4, 0.5) is 14.5 Å². The Hall–Kier alpha value is -3.66. The first-order chi connectivity index (χ1) is 14.9. The molecule has 0 radical (unpaired) electrons. The molecule has 10 heteroatoms. The number of pyridine rings is 1. The van der Waals surface area contributed by atoms with Crippen LogP contribution in [0.25, 0.3) is 5.65 Å². The zero-order valence-corrected chi connectivity index (χ0v) is 17.1. The largest absolute Gasteiger partial charge is 0.493 e. The minimum atomic E-state index is -4.51. The number of ether oxygens (including phenoxy) is 2. The Labute approximate surface area is 176 Å². The van der Waals surface area contributed by atoms with Gasteiger partial charge in [-0.1, -0.05) is 12.1 Å². The van der Waals surface area contributed by atoms with Crippen LogP contribution < -0.4 is 14.2 Å². The van der Waals surface area contributed by atoms with E-state index in [1.165, 1.54) is 25.3 Å². The van der Waals surface area contributed by atoms with Crippen LogP contribution in [0.15, 0.2) is 71.9 Å². The zero-order valence-electron chi connectivity index (χ0n) is 16.2. The lowest BCUT2D eigenvalue weighted by atomic mass is 10.3. The molecule has 0 aliphatic rings. The lowest BCUT2D eigenvalue weighted by Gasteiger charge is -2.14. The summed E-state index contributed by atoms with van der Waals surface area (Å²) < 4.78 is 67.9. The summed E-state index contributed by atoms with van der Waals surface area (Å²) in [7, 11) is -3.07. The Morgan fingerprint density at radius 1 is 1.03 bits per heavy atom. The van der Waals surface area contributed by atoms with Gasteiger partial charge < -0.3 is 13.9 Å². The van der Waals surface area contributed by atoms with Crippen molar-refractivity contribution >= 4 is 21.4 Å². The number of sulfonamides is 1. The lowest BCUT2D eigenvalue weighted by molar-refractivity contribution is 0.281. The van der Waals surface area contributed by atoms with Gasteiger partial charge in [0.2, 0.25) is 0 Å². The SMILES string of the molecule is COc1ccc(NS(=O)(=O)c2c(F)cccc2F)cc1OCc1cn2ccccc2n1. The minimum absolute atomic E-state index is 0.0495. The van der Waals surface area contributed by atoms with E-state index in [0.29, 0.717) is 11.4 Å². The van der Waals surface area contributed by atoms with Crippen LogP contribution in [-0.4, -0.2) is 24.9 Å². The summed E-state index contributed by atoms with van der Waals surface area (Å²) in [4.78, 5) is 3.37. The molecule has 0 saturated carbocycles. The van der Waals surface area contributed by atoms with Crippen molar-refractivity contribution in [1.82, 2.24) is 9.38 Å². The summed E-state index contributed by atoms with van der Waals surface area (Å²) in [6.45, 7) is 0.0934. The quantitative estimate of drug-likeness (QED) is 0.465. The number of rotatable bonds is 7. The second-order valence-electron chi connectivity index (χ2n) is 6.51. The van der Waals surface area contributed by atoms with Gasteiger partial charge in [-0.2, -0.15) is 0 Å². The number of nitrogens with one attached hydrogen (secondary N) is 1. The molecule has 2 aromatic heterocycles. The number of hydrogen-bond acceptors (Lipinski definition) is 5. The highest BCUT2D eigenvalue weighted by atomic mass is 32.2. The molecule has 0 atom stereocenters. The highest BCUT2D eigenvalue weighted by molar-refractivity contribution is 7.92. The van der Waals surface area contributed by atoms with Crippen molar-refractivity contribution in [2.24, 2.45) is 0 Å². The smallest absolute Gasteiger partial charge is 0.267 e. The number of hydrogen-bond donors (Lipinski definition) is 1. The summed E-state index contributed by atoms with van der Waals surface area (Å²) in [6.07, 6.45) is 3.65. The van der Waals surface area contributed by atoms with E-state index in [4.69, 9.17) is 9.47 Å². The molecule has 1 N–H and O–H groups in total. The Morgan fingerprint density at radius 2 is 1.81 bits per heavy atom. The van der Waals surface area contributed by atoms with E-state index >= 15 is 0 Å². The number of fused-ring (bicyclic) bond motifs is 1. The Bertz CT molecular complexity index is 1300. The summed E-state index contributed by atoms with van der Waals surface area (Å²) in [5.41, 5.74) is 1.45. The molecular weight excluding hydrogens is 428 g/mol. The third-order valence-electron chi connectivity index (χ3n) is 4.39. The van der Waals surface area contributed by atoms with Crippen LogP contribution in [0.2, 0.25) is 0 Å². The van der Waals surface area contributed by atoms with Crippen LogP contribution in [0.5, 0.6) is 11.5 Å². The molecule has 0 spiro atoms. The zero-order chi connectivity index (χ0) is 22.0. The van der Waals surface area contributed by atoms with Gasteiger partial charge in [0.15, 0.2) is 16.4 Å². The van der Waals surface area contributed by atoms with E-state index in [1.54, 1.807) is 6.20 Å². The molecule has 0 saturated heterocycles. The van der Waals surface area contributed by atoms with Crippen molar-refractivity contribution in [3.05, 3.63) is 84.3 Å². The van der Waals surface area contributed by atoms with Crippen LogP contribution in [0.3, 0.4) is 0 Å². The second kappa shape index (κ2) is 8.23. The third kappa shape index (κ3) is 4.29. The number of aromatic nitrogens is 2. The number of anilines is 1. The first-order valence-electron chi connectivity index (χ1n) is 9.07. The van der Waals surface area contributed by atoms with Gasteiger partial charge in [-0.25, -0.2) is 22.2 Å². The van der Waals surface area contributed by atoms with Gasteiger partial charge in [0.25, 0.3) is 10.0 Å². The highest BCUT2D eigenvalue weighted by Crippen LogP contribution is 2.32. The maximum absolute atomic E-state index is 13.9. The van der Waals surface area contributed by atoms with Crippen molar-refractivity contribution in [2.75, 3.05) is 11.8 Å². The van der Waals surface area contributed by atoms with Gasteiger partial charge in [-0.15, -0.1) is 0 Å². The van der Waals surface area contributed by atoms with Gasteiger partial charge >= 0.3 is 0 Å². The third-order valence-corrected chi connectivity index (χ3v) is 5.82. The molecule has 2 aromatic carbocycles. The van der Waals surface area contributed by atoms with Crippen LogP contribution in [-0.2, 0) is 16.6 Å². The molecule has 0 aliphatic heterocycles. The fourth-order valence-electron chi connectivity index (χ4n) is 3.01. The lowest BCUT2D eigenvalue weighted by Crippen LogP contribution is -2.16. The van der Waals surface area contributed by atoms with Crippen LogP contribution in [0.1, 0.15) is 5.69 Å². The molecule has 0 fully saturated rings. The van der Waals surface area contributed by atoms with Crippen molar-refractivity contribution in [1.29, 1.82) is 0 Å². The predicted octanol–water partition coefficient (Wildman–Crippen LogP) is 4.00. The second-order valence-corrected chi connectivity index (χ2v) is 8.13. The van der Waals surface area contributed by atoms with Gasteiger partial charge in [0, 0.05) is 18.5 Å². The van der Waals surface area contributed by atoms with Gasteiger partial charge in [0.1, 0.15) is 23.9 Å². The number of imidazole rings is 1. The number of benzene rings is 2. The predicted molar refractivity (Wildman–Crippen MR) is 110 cm³/mol. The van der Waals surface area contributed by atoms with E-state index in [1.807, 2.05) is 28.8 Å². The van der Waals surface area contributed by atoms with Gasteiger partial charge in [-0.05, 0) is 36.4 Å². The molecule has 0 bridgehead atoms. The molecule has 31 heavy (non-hydrogen) atoms. The molecule has 2 heterocycles. The molecule has 7 nitrogen and oxygen atoms in total. The number of halogens is 2. The van der Waals surface area contributed by atoms with Crippen molar-refractivity contribution in [3.8, 4) is 11.5 Å². The average molecular weight is 445 g/mol. The van der Waals surface area contributed by atoms with Gasteiger partial charge in [0.05, 0.1) is 18.5 Å². The van der Waals surface area contributed by atoms with Gasteiger partial charge in [-0.3, -0.25) is 4.72 Å². The summed E-state index contributed by atoms with van der Waals surface area (Å²) in [5, 5.41) is 0. The maximum atomic E-state index is 13.9. The fourth-order valence-corrected chi connectivity index (χ4v) is 4.20. The summed E-state index contributed by atoms with van der Waals surface area (Å²) in [5.74, 6) is -1.80. The molecule has 0 aliphatic carbocycles. The molecule has 0 amide bonds. The van der Waals surface area contributed by atoms with E-state index in [0.717, 1.165) is 23.8 Å². The van der Waals surface area contributed by atoms with Crippen LogP contribution >= 0.6 is 0 Å². The standard InChI is InChI=1S/C21H17F2N3O4S/c1-29-18-9-8-14(25-31(27,28)21-16(22)5-4-6-17(21)23)11-19(18)30-13-15-12-26-10-3-2-7-20(26)24-15/h2-12,25H,13H2,1H3. The number of methoxy groups -OCH3 is 1. The topological polar surface area (TPSA) is 81.9 Å². The first-order valence-corrected chi connectivity index (χ1v) is 10.6. The van der Waals surface area contributed by atoms with Crippen molar-refractivity contribution in [2.45, 2.75) is 11.5 Å². The molecule has 0 unspecified atom stereocenters. The Kier molecular flexibility index (Phi) is 5.47. The summed E-state index contributed by atoms with van der Waals surface area (Å²) in [6, 6.07) is 12.7. The van der Waals surface area contributed by atoms with E-state index in [2.05, 4.69) is 9.71 Å². The highest BCUT2D eigenvalue weighted by Gasteiger charge is 2.24. The Balaban J connectivity index is 1.58. The van der Waals surface area contributed by atoms with E-state index < -0.39 is 26.6 Å². The molecule has 4 rings (SSSR count). The number of nitrogens with zero attached hydrogens (tertiary/aromatic N) is 2. The molecular formula is C21H17F2N3O4S. The monoisotopic (exact) mass is 445 g/mol. The van der Waals surface area contributed by atoms with E-state index in [9.17, 15) is 17.2 Å². The molecule has 4 aromatic rings. The maximum Gasteiger partial charge on any atom is 0.267 e. The van der Waals surface area contributed by atoms with E-state index in [-0.39, 0.29) is 18.0 Å². The molecule has 160 valence electrons. The first kappa shape index (κ1) is 20.6. The van der Waals surface area contributed by atoms with Crippen molar-refractivity contribution in [3.63, 3.8) is 0 Å². The van der Waals surface area contributed by atoms with Crippen LogP contribution in [0, 0.1) is 11.6 Å². The fraction of sp³-hybridized carbons (Fsp3) is 0.0952. The summed E-state index contributed by atoms with van der Waals surface area (Å²) >= 11 is 0. The minimum Gasteiger partial charge on any atom is -0.493 e. The average Bonchev–Trinajstić information content (AvgIpc) is 3.15. The van der Waals surface area contributed by atoms with Crippen molar-refractivity contribution < 1.29 is 26.7 Å².